The zero-order chi connectivity index (χ0) is 10.1. The molecule has 0 spiro atoms. The Morgan fingerprint density at radius 3 is 2.79 bits per heavy atom. The van der Waals surface area contributed by atoms with Crippen LogP contribution in [0.5, 0.6) is 0 Å². The molecule has 0 aromatic heterocycles. The molecule has 0 radical (unpaired) electrons. The van der Waals surface area contributed by atoms with Crippen LogP contribution in [-0.4, -0.2) is 13.1 Å². The number of nitrogen functional groups attached to an aromatic ring is 1. The Bertz CT molecular complexity index is 389. The van der Waals surface area contributed by atoms with Crippen LogP contribution in [0.25, 0.3) is 0 Å². The molecule has 14 heavy (non-hydrogen) atoms. The summed E-state index contributed by atoms with van der Waals surface area (Å²) in [6.45, 7) is 1.47. The van der Waals surface area contributed by atoms with Gasteiger partial charge in [0.25, 0.3) is 0 Å². The summed E-state index contributed by atoms with van der Waals surface area (Å²) in [4.78, 5) is 1.92. The average Bonchev–Trinajstić information content (AvgIpc) is 2.06. The Labute approximate surface area is 82.5 Å². The van der Waals surface area contributed by atoms with Crippen LogP contribution >= 0.6 is 0 Å². The van der Waals surface area contributed by atoms with Gasteiger partial charge in [0, 0.05) is 18.8 Å². The highest BCUT2D eigenvalue weighted by atomic mass is 19.1. The fourth-order valence-corrected chi connectivity index (χ4v) is 1.56. The molecule has 1 aromatic rings. The quantitative estimate of drug-likeness (QED) is 0.537. The van der Waals surface area contributed by atoms with E-state index in [-0.39, 0.29) is 11.7 Å². The second kappa shape index (κ2) is 3.22. The molecule has 72 valence electrons. The molecule has 1 fully saturated rings. The fraction of sp³-hybridized carbons (Fsp3) is 0.273. The van der Waals surface area contributed by atoms with Gasteiger partial charge in [-0.25, -0.2) is 4.39 Å². The Kier molecular flexibility index (Phi) is 2.05. The Hall–Kier alpha value is -1.69. The lowest BCUT2D eigenvalue weighted by atomic mass is 10.0. The summed E-state index contributed by atoms with van der Waals surface area (Å²) in [7, 11) is 0. The third-order valence-electron chi connectivity index (χ3n) is 2.43. The second-order valence-electron chi connectivity index (χ2n) is 3.48. The van der Waals surface area contributed by atoms with E-state index >= 15 is 0 Å². The van der Waals surface area contributed by atoms with Crippen LogP contribution in [0.2, 0.25) is 0 Å². The van der Waals surface area contributed by atoms with Crippen molar-refractivity contribution in [1.29, 1.82) is 0 Å². The topological polar surface area (TPSA) is 29.3 Å². The van der Waals surface area contributed by atoms with E-state index in [1.165, 1.54) is 6.07 Å². The van der Waals surface area contributed by atoms with E-state index in [0.717, 1.165) is 13.1 Å². The zero-order valence-electron chi connectivity index (χ0n) is 7.70. The molecule has 1 aliphatic heterocycles. The number of hydrogen-bond donors (Lipinski definition) is 1. The van der Waals surface area contributed by atoms with E-state index in [4.69, 9.17) is 12.2 Å². The Balaban J connectivity index is 2.16. The summed E-state index contributed by atoms with van der Waals surface area (Å²) < 4.78 is 13.4. The van der Waals surface area contributed by atoms with Gasteiger partial charge in [0.15, 0.2) is 0 Å². The van der Waals surface area contributed by atoms with Crippen molar-refractivity contribution in [2.24, 2.45) is 5.92 Å². The molecule has 2 rings (SSSR count). The van der Waals surface area contributed by atoms with Crippen molar-refractivity contribution in [3.05, 3.63) is 24.0 Å². The van der Waals surface area contributed by atoms with Crippen molar-refractivity contribution in [3.8, 4) is 12.3 Å². The van der Waals surface area contributed by atoms with E-state index in [1.54, 1.807) is 12.1 Å². The van der Waals surface area contributed by atoms with Gasteiger partial charge in [-0.15, -0.1) is 6.42 Å². The van der Waals surface area contributed by atoms with Gasteiger partial charge in [-0.05, 0) is 18.2 Å². The van der Waals surface area contributed by atoms with Crippen molar-refractivity contribution >= 4 is 11.4 Å². The maximum Gasteiger partial charge on any atom is 0.148 e. The molecule has 2 N–H and O–H groups in total. The van der Waals surface area contributed by atoms with Crippen LogP contribution in [0.3, 0.4) is 0 Å². The number of nitrogens with two attached hydrogens (primary N) is 1. The predicted octanol–water partition coefficient (Wildman–Crippen LogP) is 1.48. The second-order valence-corrected chi connectivity index (χ2v) is 3.48. The smallest absolute Gasteiger partial charge is 0.148 e. The highest BCUT2D eigenvalue weighted by molar-refractivity contribution is 5.56. The van der Waals surface area contributed by atoms with Gasteiger partial charge in [-0.2, -0.15) is 0 Å². The number of terminal acetylenes is 1. The number of hydrogen-bond acceptors (Lipinski definition) is 2. The molecule has 3 heteroatoms. The van der Waals surface area contributed by atoms with Crippen LogP contribution in [0.4, 0.5) is 15.8 Å². The minimum atomic E-state index is -0.277. The van der Waals surface area contributed by atoms with E-state index in [9.17, 15) is 4.39 Å². The number of benzene rings is 1. The standard InChI is InChI=1S/C11H11FN2/c1-2-8-6-14(7-8)11-4-3-9(13)5-10(11)12/h1,3-5,8H,6-7,13H2. The summed E-state index contributed by atoms with van der Waals surface area (Å²) in [6.07, 6.45) is 5.25. The van der Waals surface area contributed by atoms with Crippen LogP contribution in [0.15, 0.2) is 18.2 Å². The van der Waals surface area contributed by atoms with Crippen LogP contribution in [0.1, 0.15) is 0 Å². The van der Waals surface area contributed by atoms with Crippen molar-refractivity contribution in [1.82, 2.24) is 0 Å². The van der Waals surface area contributed by atoms with Crippen LogP contribution < -0.4 is 10.6 Å². The summed E-state index contributed by atoms with van der Waals surface area (Å²) >= 11 is 0. The van der Waals surface area contributed by atoms with Crippen LogP contribution in [-0.2, 0) is 0 Å². The molecule has 0 saturated carbocycles. The summed E-state index contributed by atoms with van der Waals surface area (Å²) in [5, 5.41) is 0. The van der Waals surface area contributed by atoms with Gasteiger partial charge in [-0.3, -0.25) is 0 Å². The molecular formula is C11H11FN2. The van der Waals surface area contributed by atoms with Gasteiger partial charge in [0.1, 0.15) is 5.82 Å². The van der Waals surface area contributed by atoms with Crippen LogP contribution in [0, 0.1) is 24.1 Å². The lowest BCUT2D eigenvalue weighted by molar-refractivity contribution is 0.496. The van der Waals surface area contributed by atoms with Crippen molar-refractivity contribution < 1.29 is 4.39 Å². The summed E-state index contributed by atoms with van der Waals surface area (Å²) in [6, 6.07) is 4.72. The van der Waals surface area contributed by atoms with Gasteiger partial charge in [-0.1, -0.05) is 5.92 Å². The average molecular weight is 190 g/mol. The molecule has 1 aromatic carbocycles. The minimum Gasteiger partial charge on any atom is -0.399 e. The number of anilines is 2. The third kappa shape index (κ3) is 1.39. The first-order chi connectivity index (χ1) is 6.70. The molecule has 1 heterocycles. The molecular weight excluding hydrogens is 179 g/mol. The first-order valence-electron chi connectivity index (χ1n) is 4.47. The maximum atomic E-state index is 13.4. The largest absolute Gasteiger partial charge is 0.399 e. The first kappa shape index (κ1) is 8.89. The third-order valence-corrected chi connectivity index (χ3v) is 2.43. The number of halogens is 1. The minimum absolute atomic E-state index is 0.256. The SMILES string of the molecule is C#CC1CN(c2ccc(N)cc2F)C1. The predicted molar refractivity (Wildman–Crippen MR) is 55.3 cm³/mol. The molecule has 0 aliphatic carbocycles. The molecule has 1 saturated heterocycles. The van der Waals surface area contributed by atoms with E-state index in [1.807, 2.05) is 4.90 Å². The monoisotopic (exact) mass is 190 g/mol. The lowest BCUT2D eigenvalue weighted by Crippen LogP contribution is -2.46. The van der Waals surface area contributed by atoms with Crippen molar-refractivity contribution in [3.63, 3.8) is 0 Å². The van der Waals surface area contributed by atoms with Gasteiger partial charge < -0.3 is 10.6 Å². The molecule has 2 nitrogen and oxygen atoms in total. The highest BCUT2D eigenvalue weighted by Gasteiger charge is 2.26. The van der Waals surface area contributed by atoms with Gasteiger partial charge in [0.05, 0.1) is 11.6 Å². The van der Waals surface area contributed by atoms with Gasteiger partial charge in [0.2, 0.25) is 0 Å². The summed E-state index contributed by atoms with van der Waals surface area (Å²) in [5.41, 5.74) is 6.48. The van der Waals surface area contributed by atoms with E-state index in [2.05, 4.69) is 5.92 Å². The highest BCUT2D eigenvalue weighted by Crippen LogP contribution is 2.27. The van der Waals surface area contributed by atoms with E-state index in [0.29, 0.717) is 11.4 Å². The van der Waals surface area contributed by atoms with Gasteiger partial charge >= 0.3 is 0 Å². The number of nitrogens with zero attached hydrogens (tertiary/aromatic N) is 1. The molecule has 0 unspecified atom stereocenters. The first-order valence-corrected chi connectivity index (χ1v) is 4.47. The molecule has 0 bridgehead atoms. The van der Waals surface area contributed by atoms with E-state index < -0.39 is 0 Å². The van der Waals surface area contributed by atoms with Crippen molar-refractivity contribution in [2.45, 2.75) is 0 Å². The maximum absolute atomic E-state index is 13.4. The molecule has 1 aliphatic rings. The number of rotatable bonds is 1. The Morgan fingerprint density at radius 1 is 1.50 bits per heavy atom. The van der Waals surface area contributed by atoms with Crippen molar-refractivity contribution in [2.75, 3.05) is 23.7 Å². The fourth-order valence-electron chi connectivity index (χ4n) is 1.56. The summed E-state index contributed by atoms with van der Waals surface area (Å²) in [5.74, 6) is 2.62. The normalized spacial score (nSPS) is 16.1. The molecule has 0 atom stereocenters. The molecule has 0 amide bonds. The lowest BCUT2D eigenvalue weighted by Gasteiger charge is -2.38. The Morgan fingerprint density at radius 2 is 2.21 bits per heavy atom. The zero-order valence-corrected chi connectivity index (χ0v) is 7.70.